The molecule has 0 atom stereocenters. The Kier molecular flexibility index (Phi) is 7.38. The van der Waals surface area contributed by atoms with E-state index in [0.717, 1.165) is 12.2 Å². The molecule has 1 amide bonds. The topological polar surface area (TPSA) is 88.9 Å². The smallest absolute Gasteiger partial charge is 0.274 e. The maximum atomic E-state index is 12.4. The second-order valence-corrected chi connectivity index (χ2v) is 7.51. The zero-order valence-electron chi connectivity index (χ0n) is 15.0. The molecule has 0 aliphatic rings. The summed E-state index contributed by atoms with van der Waals surface area (Å²) in [4.78, 5) is 17.3. The minimum atomic E-state index is -3.53. The first-order valence-electron chi connectivity index (χ1n) is 8.53. The molecule has 0 fully saturated rings. The first-order chi connectivity index (χ1) is 12.5. The van der Waals surface area contributed by atoms with Gasteiger partial charge in [-0.05, 0) is 42.8 Å². The zero-order valence-corrected chi connectivity index (χ0v) is 15.8. The van der Waals surface area contributed by atoms with E-state index < -0.39 is 15.9 Å². The molecule has 8 heteroatoms. The maximum Gasteiger partial charge on any atom is 0.274 e. The van der Waals surface area contributed by atoms with Gasteiger partial charge in [0.1, 0.15) is 5.76 Å². The van der Waals surface area contributed by atoms with E-state index in [1.54, 1.807) is 20.1 Å². The first kappa shape index (κ1) is 20.2. The molecule has 0 radical (unpaired) electrons. The molecule has 0 aliphatic heterocycles. The number of hydrogen-bond donors (Lipinski definition) is 1. The van der Waals surface area contributed by atoms with Crippen LogP contribution >= 0.6 is 0 Å². The van der Waals surface area contributed by atoms with Crippen LogP contribution in [0.4, 0.5) is 0 Å². The lowest BCUT2D eigenvalue weighted by Crippen LogP contribution is -2.30. The fourth-order valence-electron chi connectivity index (χ4n) is 2.44. The van der Waals surface area contributed by atoms with Crippen LogP contribution in [-0.2, 0) is 21.3 Å². The number of aryl methyl sites for hydroxylation is 1. The van der Waals surface area contributed by atoms with Gasteiger partial charge in [-0.25, -0.2) is 13.9 Å². The Morgan fingerprint density at radius 3 is 2.42 bits per heavy atom. The van der Waals surface area contributed by atoms with Crippen LogP contribution in [0, 0.1) is 0 Å². The number of rotatable bonds is 10. The van der Waals surface area contributed by atoms with Gasteiger partial charge in [0.05, 0.1) is 17.8 Å². The average molecular weight is 380 g/mol. The largest absolute Gasteiger partial charge is 0.469 e. The maximum absolute atomic E-state index is 12.4. The molecule has 0 bridgehead atoms. The summed E-state index contributed by atoms with van der Waals surface area (Å²) in [6.07, 6.45) is 3.04. The third kappa shape index (κ3) is 5.17. The molecule has 0 aliphatic carbocycles. The second-order valence-electron chi connectivity index (χ2n) is 5.58. The molecular weight excluding hydrogens is 356 g/mol. The number of furan rings is 1. The molecular formula is C18H24N2O5S. The third-order valence-corrected chi connectivity index (χ3v) is 5.94. The van der Waals surface area contributed by atoms with Crippen LogP contribution in [0.3, 0.4) is 0 Å². The molecule has 2 aromatic rings. The summed E-state index contributed by atoms with van der Waals surface area (Å²) in [6, 6.07) is 9.50. The predicted octanol–water partition coefficient (Wildman–Crippen LogP) is 2.60. The Morgan fingerprint density at radius 1 is 1.15 bits per heavy atom. The second kappa shape index (κ2) is 9.51. The number of hydrogen-bond acceptors (Lipinski definition) is 5. The van der Waals surface area contributed by atoms with Gasteiger partial charge >= 0.3 is 0 Å². The molecule has 26 heavy (non-hydrogen) atoms. The van der Waals surface area contributed by atoms with Crippen molar-refractivity contribution >= 4 is 15.9 Å². The van der Waals surface area contributed by atoms with Crippen molar-refractivity contribution in [3.05, 3.63) is 54.0 Å². The molecule has 2 rings (SSSR count). The van der Waals surface area contributed by atoms with Gasteiger partial charge in [-0.15, -0.1) is 0 Å². The molecule has 1 heterocycles. The van der Waals surface area contributed by atoms with Crippen molar-refractivity contribution < 1.29 is 22.5 Å². The molecule has 142 valence electrons. The van der Waals surface area contributed by atoms with Gasteiger partial charge in [0.25, 0.3) is 5.91 Å². The Balaban J connectivity index is 1.84. The minimum Gasteiger partial charge on any atom is -0.469 e. The van der Waals surface area contributed by atoms with E-state index >= 15 is 0 Å². The normalized spacial score (nSPS) is 11.7. The number of nitrogens with one attached hydrogen (secondary N) is 1. The van der Waals surface area contributed by atoms with E-state index in [4.69, 9.17) is 9.25 Å². The number of amides is 1. The van der Waals surface area contributed by atoms with Crippen molar-refractivity contribution in [2.24, 2.45) is 0 Å². The lowest BCUT2D eigenvalue weighted by Gasteiger charge is -2.18. The van der Waals surface area contributed by atoms with Crippen LogP contribution in [0.15, 0.2) is 52.0 Å². The van der Waals surface area contributed by atoms with Crippen LogP contribution in [0.2, 0.25) is 0 Å². The lowest BCUT2D eigenvalue weighted by atomic mass is 10.2. The van der Waals surface area contributed by atoms with Crippen LogP contribution in [0.5, 0.6) is 0 Å². The molecule has 1 aromatic carbocycles. The SMILES string of the molecule is CCN(CC)S(=O)(=O)c1ccc(C(=O)NOCCCc2ccco2)cc1. The standard InChI is InChI=1S/C18H24N2O5S/c1-3-20(4-2)26(22,23)17-11-9-15(10-12-17)18(21)19-25-14-6-8-16-7-5-13-24-16/h5,7,9-13H,3-4,6,8,14H2,1-2H3,(H,19,21). The summed E-state index contributed by atoms with van der Waals surface area (Å²) >= 11 is 0. The summed E-state index contributed by atoms with van der Waals surface area (Å²) in [5, 5.41) is 0. The molecule has 0 saturated heterocycles. The number of carbonyl (C=O) groups is 1. The van der Waals surface area contributed by atoms with Crippen molar-refractivity contribution in [1.82, 2.24) is 9.79 Å². The van der Waals surface area contributed by atoms with Gasteiger partial charge in [-0.1, -0.05) is 13.8 Å². The molecule has 1 aromatic heterocycles. The number of nitrogens with zero attached hydrogens (tertiary/aromatic N) is 1. The van der Waals surface area contributed by atoms with Crippen molar-refractivity contribution in [1.29, 1.82) is 0 Å². The summed E-state index contributed by atoms with van der Waals surface area (Å²) in [7, 11) is -3.53. The van der Waals surface area contributed by atoms with E-state index in [1.165, 1.54) is 28.6 Å². The number of sulfonamides is 1. The quantitative estimate of drug-likeness (QED) is 0.506. The number of benzene rings is 1. The van der Waals surface area contributed by atoms with E-state index in [-0.39, 0.29) is 4.90 Å². The summed E-state index contributed by atoms with van der Waals surface area (Å²) in [5.41, 5.74) is 2.68. The van der Waals surface area contributed by atoms with E-state index in [9.17, 15) is 13.2 Å². The highest BCUT2D eigenvalue weighted by atomic mass is 32.2. The highest BCUT2D eigenvalue weighted by Crippen LogP contribution is 2.16. The molecule has 0 saturated carbocycles. The summed E-state index contributed by atoms with van der Waals surface area (Å²) < 4.78 is 31.4. The molecule has 1 N–H and O–H groups in total. The molecule has 0 spiro atoms. The summed E-state index contributed by atoms with van der Waals surface area (Å²) in [6.45, 7) is 4.71. The monoisotopic (exact) mass is 380 g/mol. The van der Waals surface area contributed by atoms with Gasteiger partial charge in [0.15, 0.2) is 0 Å². The van der Waals surface area contributed by atoms with Gasteiger partial charge < -0.3 is 4.42 Å². The third-order valence-electron chi connectivity index (χ3n) is 3.87. The fraction of sp³-hybridized carbons (Fsp3) is 0.389. The van der Waals surface area contributed by atoms with Crippen molar-refractivity contribution in [2.45, 2.75) is 31.6 Å². The molecule has 7 nitrogen and oxygen atoms in total. The van der Waals surface area contributed by atoms with E-state index in [1.807, 2.05) is 12.1 Å². The average Bonchev–Trinajstić information content (AvgIpc) is 3.15. The van der Waals surface area contributed by atoms with Gasteiger partial charge in [-0.3, -0.25) is 9.63 Å². The number of carbonyl (C=O) groups excluding carboxylic acids is 1. The first-order valence-corrected chi connectivity index (χ1v) is 9.97. The van der Waals surface area contributed by atoms with Gasteiger partial charge in [0.2, 0.25) is 10.0 Å². The van der Waals surface area contributed by atoms with E-state index in [2.05, 4.69) is 5.48 Å². The van der Waals surface area contributed by atoms with Crippen LogP contribution in [0.25, 0.3) is 0 Å². The summed E-state index contributed by atoms with van der Waals surface area (Å²) in [5.74, 6) is 0.444. The zero-order chi connectivity index (χ0) is 19.0. The van der Waals surface area contributed by atoms with Crippen molar-refractivity contribution in [3.63, 3.8) is 0 Å². The Hall–Kier alpha value is -2.16. The fourth-order valence-corrected chi connectivity index (χ4v) is 3.90. The van der Waals surface area contributed by atoms with Crippen molar-refractivity contribution in [2.75, 3.05) is 19.7 Å². The minimum absolute atomic E-state index is 0.164. The van der Waals surface area contributed by atoms with Crippen LogP contribution in [0.1, 0.15) is 36.4 Å². The van der Waals surface area contributed by atoms with Crippen LogP contribution < -0.4 is 5.48 Å². The Morgan fingerprint density at radius 2 is 1.85 bits per heavy atom. The van der Waals surface area contributed by atoms with Crippen LogP contribution in [-0.4, -0.2) is 38.3 Å². The highest BCUT2D eigenvalue weighted by molar-refractivity contribution is 7.89. The Labute approximate surface area is 154 Å². The predicted molar refractivity (Wildman–Crippen MR) is 97.0 cm³/mol. The van der Waals surface area contributed by atoms with E-state index in [0.29, 0.717) is 31.7 Å². The van der Waals surface area contributed by atoms with Crippen molar-refractivity contribution in [3.8, 4) is 0 Å². The van der Waals surface area contributed by atoms with Gasteiger partial charge in [-0.2, -0.15) is 4.31 Å². The lowest BCUT2D eigenvalue weighted by molar-refractivity contribution is 0.0301. The highest BCUT2D eigenvalue weighted by Gasteiger charge is 2.21. The Bertz CT molecular complexity index is 781. The van der Waals surface area contributed by atoms with Gasteiger partial charge in [0, 0.05) is 25.1 Å². The number of hydroxylamine groups is 1. The molecule has 0 unspecified atom stereocenters.